The maximum atomic E-state index is 12.8. The molecule has 0 unspecified atom stereocenters. The van der Waals surface area contributed by atoms with Crippen LogP contribution in [0.5, 0.6) is 0 Å². The van der Waals surface area contributed by atoms with Crippen molar-refractivity contribution in [3.63, 3.8) is 0 Å². The molecule has 2 rings (SSSR count). The summed E-state index contributed by atoms with van der Waals surface area (Å²) in [6.07, 6.45) is 6.59. The van der Waals surface area contributed by atoms with Gasteiger partial charge in [0.2, 0.25) is 5.95 Å². The minimum atomic E-state index is -0.415. The summed E-state index contributed by atoms with van der Waals surface area (Å²) in [5, 5.41) is 3.19. The Bertz CT molecular complexity index is 346. The molecule has 0 radical (unpaired) electrons. The van der Waals surface area contributed by atoms with Crippen molar-refractivity contribution in [2.45, 2.75) is 39.0 Å². The lowest BCUT2D eigenvalue weighted by Gasteiger charge is -2.26. The summed E-state index contributed by atoms with van der Waals surface area (Å²) in [6, 6.07) is 4.87. The van der Waals surface area contributed by atoms with Crippen LogP contribution in [0, 0.1) is 17.8 Å². The zero-order valence-corrected chi connectivity index (χ0v) is 10.5. The molecule has 0 aromatic carbocycles. The van der Waals surface area contributed by atoms with Crippen LogP contribution in [0.25, 0.3) is 0 Å². The van der Waals surface area contributed by atoms with Crippen molar-refractivity contribution in [3.05, 3.63) is 24.1 Å². The van der Waals surface area contributed by atoms with E-state index >= 15 is 0 Å². The molecule has 1 N–H and O–H groups in total. The Balaban J connectivity index is 1.69. The van der Waals surface area contributed by atoms with Crippen LogP contribution in [0.15, 0.2) is 18.2 Å². The lowest BCUT2D eigenvalue weighted by atomic mass is 9.81. The van der Waals surface area contributed by atoms with E-state index in [0.717, 1.165) is 18.4 Å². The molecule has 94 valence electrons. The molecule has 3 heteroatoms. The second-order valence-corrected chi connectivity index (χ2v) is 5.19. The molecule has 2 nitrogen and oxygen atoms in total. The second-order valence-electron chi connectivity index (χ2n) is 5.19. The van der Waals surface area contributed by atoms with Gasteiger partial charge in [0.05, 0.1) is 0 Å². The molecule has 1 aliphatic rings. The van der Waals surface area contributed by atoms with E-state index in [1.807, 2.05) is 6.07 Å². The Morgan fingerprint density at radius 3 is 2.76 bits per heavy atom. The molecule has 1 aliphatic carbocycles. The van der Waals surface area contributed by atoms with Gasteiger partial charge in [-0.3, -0.25) is 0 Å². The van der Waals surface area contributed by atoms with Crippen molar-refractivity contribution in [1.29, 1.82) is 0 Å². The Labute approximate surface area is 103 Å². The van der Waals surface area contributed by atoms with E-state index in [4.69, 9.17) is 0 Å². The SMILES string of the molecule is CC1CCC(CCNc2cccc(F)n2)CC1. The number of nitrogens with zero attached hydrogens (tertiary/aromatic N) is 1. The van der Waals surface area contributed by atoms with Crippen molar-refractivity contribution in [2.24, 2.45) is 11.8 Å². The quantitative estimate of drug-likeness (QED) is 0.803. The third kappa shape index (κ3) is 3.99. The summed E-state index contributed by atoms with van der Waals surface area (Å²) in [5.41, 5.74) is 0. The highest BCUT2D eigenvalue weighted by Gasteiger charge is 2.17. The van der Waals surface area contributed by atoms with Crippen molar-refractivity contribution in [2.75, 3.05) is 11.9 Å². The van der Waals surface area contributed by atoms with Gasteiger partial charge >= 0.3 is 0 Å². The van der Waals surface area contributed by atoms with Crippen molar-refractivity contribution in [3.8, 4) is 0 Å². The second kappa shape index (κ2) is 5.99. The maximum absolute atomic E-state index is 12.8. The molecule has 17 heavy (non-hydrogen) atoms. The molecular formula is C14H21FN2. The van der Waals surface area contributed by atoms with Gasteiger partial charge in [0.1, 0.15) is 5.82 Å². The molecular weight excluding hydrogens is 215 g/mol. The fourth-order valence-electron chi connectivity index (χ4n) is 2.53. The van der Waals surface area contributed by atoms with Gasteiger partial charge in [-0.1, -0.05) is 38.7 Å². The first-order valence-electron chi connectivity index (χ1n) is 6.60. The van der Waals surface area contributed by atoms with Crippen LogP contribution in [-0.4, -0.2) is 11.5 Å². The smallest absolute Gasteiger partial charge is 0.214 e. The maximum Gasteiger partial charge on any atom is 0.214 e. The average molecular weight is 236 g/mol. The Morgan fingerprint density at radius 2 is 2.06 bits per heavy atom. The molecule has 0 spiro atoms. The largest absolute Gasteiger partial charge is 0.370 e. The lowest BCUT2D eigenvalue weighted by molar-refractivity contribution is 0.282. The van der Waals surface area contributed by atoms with Crippen LogP contribution in [0.4, 0.5) is 10.2 Å². The Morgan fingerprint density at radius 1 is 1.29 bits per heavy atom. The first-order valence-corrected chi connectivity index (χ1v) is 6.60. The van der Waals surface area contributed by atoms with E-state index < -0.39 is 5.95 Å². The number of aromatic nitrogens is 1. The van der Waals surface area contributed by atoms with E-state index in [-0.39, 0.29) is 0 Å². The van der Waals surface area contributed by atoms with Crippen LogP contribution >= 0.6 is 0 Å². The molecule has 1 heterocycles. The Hall–Kier alpha value is -1.12. The third-order valence-corrected chi connectivity index (χ3v) is 3.71. The van der Waals surface area contributed by atoms with E-state index in [2.05, 4.69) is 17.2 Å². The predicted molar refractivity (Wildman–Crippen MR) is 68.4 cm³/mol. The van der Waals surface area contributed by atoms with Gasteiger partial charge < -0.3 is 5.32 Å². The third-order valence-electron chi connectivity index (χ3n) is 3.71. The highest BCUT2D eigenvalue weighted by molar-refractivity contribution is 5.33. The summed E-state index contributed by atoms with van der Waals surface area (Å²) in [4.78, 5) is 3.79. The molecule has 1 saturated carbocycles. The summed E-state index contributed by atoms with van der Waals surface area (Å²) in [6.45, 7) is 3.24. The van der Waals surface area contributed by atoms with Crippen molar-refractivity contribution < 1.29 is 4.39 Å². The van der Waals surface area contributed by atoms with Gasteiger partial charge in [0.25, 0.3) is 0 Å². The predicted octanol–water partition coefficient (Wildman–Crippen LogP) is 3.85. The van der Waals surface area contributed by atoms with Gasteiger partial charge in [0, 0.05) is 6.54 Å². The van der Waals surface area contributed by atoms with Crippen LogP contribution in [0.2, 0.25) is 0 Å². The summed E-state index contributed by atoms with van der Waals surface area (Å²) >= 11 is 0. The number of rotatable bonds is 4. The van der Waals surface area contributed by atoms with Gasteiger partial charge in [-0.2, -0.15) is 4.39 Å². The highest BCUT2D eigenvalue weighted by Crippen LogP contribution is 2.30. The normalized spacial score (nSPS) is 24.6. The first-order chi connectivity index (χ1) is 8.24. The number of nitrogens with one attached hydrogen (secondary N) is 1. The van der Waals surface area contributed by atoms with Gasteiger partial charge in [0.15, 0.2) is 0 Å². The fraction of sp³-hybridized carbons (Fsp3) is 0.643. The van der Waals surface area contributed by atoms with Crippen LogP contribution < -0.4 is 5.32 Å². The van der Waals surface area contributed by atoms with Gasteiger partial charge in [-0.25, -0.2) is 4.98 Å². The first kappa shape index (κ1) is 12.3. The lowest BCUT2D eigenvalue weighted by Crippen LogP contribution is -2.16. The minimum absolute atomic E-state index is 0.415. The molecule has 0 amide bonds. The summed E-state index contributed by atoms with van der Waals surface area (Å²) in [7, 11) is 0. The van der Waals surface area contributed by atoms with Gasteiger partial charge in [-0.15, -0.1) is 0 Å². The summed E-state index contributed by atoms with van der Waals surface area (Å²) < 4.78 is 12.8. The molecule has 0 atom stereocenters. The Kier molecular flexibility index (Phi) is 4.35. The molecule has 0 saturated heterocycles. The number of halogens is 1. The number of pyridine rings is 1. The van der Waals surface area contributed by atoms with Gasteiger partial charge in [-0.05, 0) is 30.4 Å². The van der Waals surface area contributed by atoms with E-state index in [9.17, 15) is 4.39 Å². The zero-order chi connectivity index (χ0) is 12.1. The fourth-order valence-corrected chi connectivity index (χ4v) is 2.53. The molecule has 1 aromatic rings. The minimum Gasteiger partial charge on any atom is -0.370 e. The number of anilines is 1. The van der Waals surface area contributed by atoms with Crippen molar-refractivity contribution in [1.82, 2.24) is 4.98 Å². The number of hydrogen-bond acceptors (Lipinski definition) is 2. The highest BCUT2D eigenvalue weighted by atomic mass is 19.1. The zero-order valence-electron chi connectivity index (χ0n) is 10.5. The van der Waals surface area contributed by atoms with Crippen LogP contribution in [0.1, 0.15) is 39.0 Å². The van der Waals surface area contributed by atoms with Crippen LogP contribution in [0.3, 0.4) is 0 Å². The molecule has 1 aromatic heterocycles. The topological polar surface area (TPSA) is 24.9 Å². The van der Waals surface area contributed by atoms with Crippen LogP contribution in [-0.2, 0) is 0 Å². The summed E-state index contributed by atoms with van der Waals surface area (Å²) in [5.74, 6) is 1.98. The molecule has 0 aliphatic heterocycles. The monoisotopic (exact) mass is 236 g/mol. The molecule has 0 bridgehead atoms. The standard InChI is InChI=1S/C14H21FN2/c1-11-5-7-12(8-6-11)9-10-16-14-4-2-3-13(15)17-14/h2-4,11-12H,5-10H2,1H3,(H,16,17). The average Bonchev–Trinajstić information content (AvgIpc) is 2.32. The number of hydrogen-bond donors (Lipinski definition) is 1. The van der Waals surface area contributed by atoms with E-state index in [1.165, 1.54) is 38.2 Å². The van der Waals surface area contributed by atoms with E-state index in [1.54, 1.807) is 6.07 Å². The molecule has 1 fully saturated rings. The van der Waals surface area contributed by atoms with Crippen molar-refractivity contribution >= 4 is 5.82 Å². The van der Waals surface area contributed by atoms with E-state index in [0.29, 0.717) is 5.82 Å².